The Morgan fingerprint density at radius 3 is 2.67 bits per heavy atom. The fourth-order valence-corrected chi connectivity index (χ4v) is 6.56. The van der Waals surface area contributed by atoms with E-state index in [0.717, 1.165) is 24.0 Å². The molecule has 1 saturated carbocycles. The fourth-order valence-electron chi connectivity index (χ4n) is 5.11. The molecule has 4 fully saturated rings. The van der Waals surface area contributed by atoms with Crippen molar-refractivity contribution in [2.24, 2.45) is 5.92 Å². The third-order valence-corrected chi connectivity index (χ3v) is 7.48. The third kappa shape index (κ3) is 2.98. The third-order valence-electron chi connectivity index (χ3n) is 6.09. The lowest BCUT2D eigenvalue weighted by atomic mass is 9.88. The summed E-state index contributed by atoms with van der Waals surface area (Å²) in [7, 11) is 0. The lowest BCUT2D eigenvalue weighted by molar-refractivity contribution is -0.135. The second-order valence-electron chi connectivity index (χ2n) is 7.53. The van der Waals surface area contributed by atoms with Gasteiger partial charge in [0, 0.05) is 42.1 Å². The van der Waals surface area contributed by atoms with E-state index in [-0.39, 0.29) is 0 Å². The van der Waals surface area contributed by atoms with Gasteiger partial charge in [0.2, 0.25) is 5.91 Å². The standard InChI is InChI=1S/C17H28N2OS/c20-17(11-12-9-13-5-6-14(10-12)18-13)19-7-8-21-16-4-2-1-3-15(16)19/h12-16,18H,1-11H2. The Hall–Kier alpha value is -0.220. The number of nitrogens with one attached hydrogen (secondary N) is 1. The number of fused-ring (bicyclic) bond motifs is 3. The van der Waals surface area contributed by atoms with E-state index in [4.69, 9.17) is 0 Å². The maximum absolute atomic E-state index is 12.9. The van der Waals surface area contributed by atoms with Crippen LogP contribution in [0.2, 0.25) is 0 Å². The van der Waals surface area contributed by atoms with E-state index in [1.807, 2.05) is 0 Å². The molecule has 21 heavy (non-hydrogen) atoms. The van der Waals surface area contributed by atoms with Crippen LogP contribution in [0.5, 0.6) is 0 Å². The molecule has 0 aromatic rings. The first-order chi connectivity index (χ1) is 10.3. The van der Waals surface area contributed by atoms with Crippen LogP contribution in [-0.4, -0.2) is 46.5 Å². The van der Waals surface area contributed by atoms with Gasteiger partial charge in [-0.25, -0.2) is 0 Å². The van der Waals surface area contributed by atoms with Crippen molar-refractivity contribution >= 4 is 17.7 Å². The van der Waals surface area contributed by atoms with Crippen molar-refractivity contribution in [2.45, 2.75) is 81.2 Å². The number of thioether (sulfide) groups is 1. The first kappa shape index (κ1) is 14.4. The van der Waals surface area contributed by atoms with Crippen LogP contribution in [0.3, 0.4) is 0 Å². The highest BCUT2D eigenvalue weighted by Crippen LogP contribution is 2.37. The molecule has 4 aliphatic rings. The molecule has 4 atom stereocenters. The first-order valence-corrected chi connectivity index (χ1v) is 10.0. The van der Waals surface area contributed by atoms with Gasteiger partial charge in [-0.05, 0) is 44.4 Å². The molecule has 4 unspecified atom stereocenters. The molecule has 4 rings (SSSR count). The van der Waals surface area contributed by atoms with Crippen molar-refractivity contribution < 1.29 is 4.79 Å². The predicted octanol–water partition coefficient (Wildman–Crippen LogP) is 2.79. The van der Waals surface area contributed by atoms with Crippen molar-refractivity contribution in [3.63, 3.8) is 0 Å². The number of amides is 1. The molecule has 118 valence electrons. The molecule has 3 nitrogen and oxygen atoms in total. The van der Waals surface area contributed by atoms with Gasteiger partial charge < -0.3 is 10.2 Å². The summed E-state index contributed by atoms with van der Waals surface area (Å²) in [5.41, 5.74) is 0. The van der Waals surface area contributed by atoms with Gasteiger partial charge in [0.25, 0.3) is 0 Å². The van der Waals surface area contributed by atoms with Gasteiger partial charge in [-0.1, -0.05) is 12.8 Å². The van der Waals surface area contributed by atoms with E-state index >= 15 is 0 Å². The molecule has 2 bridgehead atoms. The van der Waals surface area contributed by atoms with Crippen LogP contribution >= 0.6 is 11.8 Å². The summed E-state index contributed by atoms with van der Waals surface area (Å²) in [5, 5.41) is 4.43. The minimum Gasteiger partial charge on any atom is -0.338 e. The summed E-state index contributed by atoms with van der Waals surface area (Å²) in [6.45, 7) is 1.00. The molecule has 1 N–H and O–H groups in total. The first-order valence-electron chi connectivity index (χ1n) is 8.97. The predicted molar refractivity (Wildman–Crippen MR) is 87.5 cm³/mol. The Balaban J connectivity index is 1.37. The topological polar surface area (TPSA) is 32.3 Å². The molecule has 4 heteroatoms. The number of hydrogen-bond donors (Lipinski definition) is 1. The van der Waals surface area contributed by atoms with Crippen LogP contribution in [0.1, 0.15) is 57.8 Å². The van der Waals surface area contributed by atoms with Crippen molar-refractivity contribution in [3.05, 3.63) is 0 Å². The quantitative estimate of drug-likeness (QED) is 0.851. The summed E-state index contributed by atoms with van der Waals surface area (Å²) in [5.74, 6) is 2.27. The zero-order chi connectivity index (χ0) is 14.2. The maximum atomic E-state index is 12.9. The second-order valence-corrected chi connectivity index (χ2v) is 8.87. The Kier molecular flexibility index (Phi) is 4.19. The average molecular weight is 308 g/mol. The van der Waals surface area contributed by atoms with Crippen LogP contribution in [0, 0.1) is 5.92 Å². The van der Waals surface area contributed by atoms with Crippen LogP contribution in [-0.2, 0) is 4.79 Å². The molecule has 3 heterocycles. The van der Waals surface area contributed by atoms with Crippen molar-refractivity contribution in [1.29, 1.82) is 0 Å². The highest BCUT2D eigenvalue weighted by molar-refractivity contribution is 8.00. The van der Waals surface area contributed by atoms with E-state index in [1.165, 1.54) is 51.4 Å². The monoisotopic (exact) mass is 308 g/mol. The number of carbonyl (C=O) groups is 1. The zero-order valence-electron chi connectivity index (χ0n) is 12.9. The zero-order valence-corrected chi connectivity index (χ0v) is 13.7. The molecular weight excluding hydrogens is 280 g/mol. The molecule has 0 spiro atoms. The van der Waals surface area contributed by atoms with E-state index < -0.39 is 0 Å². The SMILES string of the molecule is O=C(CC1CC2CCC(C1)N2)N1CCSC2CCCCC21. The number of nitrogens with zero attached hydrogens (tertiary/aromatic N) is 1. The van der Waals surface area contributed by atoms with Crippen molar-refractivity contribution in [1.82, 2.24) is 10.2 Å². The molecule has 3 aliphatic heterocycles. The normalized spacial score (nSPS) is 42.7. The Morgan fingerprint density at radius 2 is 1.86 bits per heavy atom. The number of piperidine rings is 1. The van der Waals surface area contributed by atoms with Gasteiger partial charge in [-0.3, -0.25) is 4.79 Å². The molecule has 1 aliphatic carbocycles. The largest absolute Gasteiger partial charge is 0.338 e. The highest BCUT2D eigenvalue weighted by Gasteiger charge is 2.39. The molecule has 0 radical (unpaired) electrons. The second kappa shape index (κ2) is 6.11. The van der Waals surface area contributed by atoms with Crippen LogP contribution in [0.25, 0.3) is 0 Å². The number of carbonyl (C=O) groups excluding carboxylic acids is 1. The Bertz CT molecular complexity index is 388. The highest BCUT2D eigenvalue weighted by atomic mass is 32.2. The molecule has 0 aromatic carbocycles. The summed E-state index contributed by atoms with van der Waals surface area (Å²) in [6.07, 6.45) is 11.2. The minimum atomic E-state index is 0.471. The van der Waals surface area contributed by atoms with Gasteiger partial charge >= 0.3 is 0 Å². The fraction of sp³-hybridized carbons (Fsp3) is 0.941. The summed E-state index contributed by atoms with van der Waals surface area (Å²) in [4.78, 5) is 15.1. The molecule has 0 aromatic heterocycles. The van der Waals surface area contributed by atoms with E-state index in [2.05, 4.69) is 22.0 Å². The number of hydrogen-bond acceptors (Lipinski definition) is 3. The van der Waals surface area contributed by atoms with E-state index in [1.54, 1.807) is 0 Å². The van der Waals surface area contributed by atoms with Crippen molar-refractivity contribution in [3.8, 4) is 0 Å². The average Bonchev–Trinajstić information content (AvgIpc) is 2.85. The lowest BCUT2D eigenvalue weighted by Gasteiger charge is -2.44. The number of rotatable bonds is 2. The van der Waals surface area contributed by atoms with Crippen LogP contribution in [0.15, 0.2) is 0 Å². The van der Waals surface area contributed by atoms with Gasteiger partial charge in [0.05, 0.1) is 0 Å². The van der Waals surface area contributed by atoms with Gasteiger partial charge in [-0.2, -0.15) is 11.8 Å². The molecular formula is C17H28N2OS. The minimum absolute atomic E-state index is 0.471. The van der Waals surface area contributed by atoms with E-state index in [9.17, 15) is 4.79 Å². The van der Waals surface area contributed by atoms with Crippen molar-refractivity contribution in [2.75, 3.05) is 12.3 Å². The molecule has 1 amide bonds. The van der Waals surface area contributed by atoms with Gasteiger partial charge in [0.1, 0.15) is 0 Å². The summed E-state index contributed by atoms with van der Waals surface area (Å²) in [6, 6.07) is 1.98. The lowest BCUT2D eigenvalue weighted by Crippen LogP contribution is -2.52. The van der Waals surface area contributed by atoms with Crippen LogP contribution in [0.4, 0.5) is 0 Å². The molecule has 3 saturated heterocycles. The smallest absolute Gasteiger partial charge is 0.223 e. The Labute approximate surface area is 132 Å². The Morgan fingerprint density at radius 1 is 1.10 bits per heavy atom. The van der Waals surface area contributed by atoms with Gasteiger partial charge in [0.15, 0.2) is 0 Å². The summed E-state index contributed by atoms with van der Waals surface area (Å²) >= 11 is 2.12. The van der Waals surface area contributed by atoms with E-state index in [0.29, 0.717) is 30.0 Å². The van der Waals surface area contributed by atoms with Gasteiger partial charge in [-0.15, -0.1) is 0 Å². The maximum Gasteiger partial charge on any atom is 0.223 e. The summed E-state index contributed by atoms with van der Waals surface area (Å²) < 4.78 is 0. The van der Waals surface area contributed by atoms with Crippen LogP contribution < -0.4 is 5.32 Å².